The molecule has 4 aromatic carbocycles. The third-order valence-electron chi connectivity index (χ3n) is 8.62. The van der Waals surface area contributed by atoms with Crippen molar-refractivity contribution in [3.8, 4) is 0 Å². The number of imide groups is 1. The lowest BCUT2D eigenvalue weighted by Gasteiger charge is -2.39. The van der Waals surface area contributed by atoms with Gasteiger partial charge in [0.2, 0.25) is 0 Å². The first-order valence-electron chi connectivity index (χ1n) is 14.9. The number of carbonyl (C=O) groups excluding carboxylic acids is 2. The van der Waals surface area contributed by atoms with Crippen LogP contribution in [-0.4, -0.2) is 52.7 Å². The Morgan fingerprint density at radius 3 is 2.02 bits per heavy atom. The predicted octanol–water partition coefficient (Wildman–Crippen LogP) is 5.58. The van der Waals surface area contributed by atoms with Crippen LogP contribution in [0.4, 0.5) is 5.69 Å². The number of hydrogen-bond donors (Lipinski definition) is 2. The summed E-state index contributed by atoms with van der Waals surface area (Å²) in [6.45, 7) is 2.52. The number of aliphatic hydroxyl groups excluding tert-OH is 2. The van der Waals surface area contributed by atoms with Gasteiger partial charge in [-0.25, -0.2) is 4.90 Å². The Bertz CT molecular complexity index is 1570. The van der Waals surface area contributed by atoms with Crippen molar-refractivity contribution in [2.45, 2.75) is 50.6 Å². The first-order chi connectivity index (χ1) is 21.3. The number of aliphatic hydroxyl groups is 2. The Morgan fingerprint density at radius 1 is 0.818 bits per heavy atom. The predicted molar refractivity (Wildman–Crippen MR) is 166 cm³/mol. The molecular weight excluding hydrogens is 556 g/mol. The molecule has 0 bridgehead atoms. The largest absolute Gasteiger partial charge is 0.392 e. The monoisotopic (exact) mass is 592 g/mol. The number of anilines is 1. The van der Waals surface area contributed by atoms with Gasteiger partial charge in [0, 0.05) is 24.6 Å². The Morgan fingerprint density at radius 2 is 1.41 bits per heavy atom. The molecule has 2 aliphatic rings. The highest BCUT2D eigenvalue weighted by Gasteiger charge is 2.37. The average Bonchev–Trinajstić information content (AvgIpc) is 3.33. The molecule has 0 aromatic heterocycles. The van der Waals surface area contributed by atoms with Gasteiger partial charge < -0.3 is 19.7 Å². The second-order valence-electron chi connectivity index (χ2n) is 11.5. The lowest BCUT2D eigenvalue weighted by molar-refractivity contribution is -0.253. The molecule has 2 heterocycles. The van der Waals surface area contributed by atoms with E-state index >= 15 is 0 Å². The number of hydrogen-bond acceptors (Lipinski definition) is 7. The molecule has 0 unspecified atom stereocenters. The molecule has 8 nitrogen and oxygen atoms in total. The zero-order valence-electron chi connectivity index (χ0n) is 24.7. The van der Waals surface area contributed by atoms with E-state index in [1.165, 1.54) is 4.90 Å². The van der Waals surface area contributed by atoms with Crippen LogP contribution < -0.4 is 4.90 Å². The minimum absolute atomic E-state index is 0.0357. The molecule has 5 atom stereocenters. The highest BCUT2D eigenvalue weighted by molar-refractivity contribution is 6.34. The zero-order chi connectivity index (χ0) is 30.8. The summed E-state index contributed by atoms with van der Waals surface area (Å²) in [5, 5.41) is 20.5. The van der Waals surface area contributed by atoms with E-state index in [1.54, 1.807) is 36.4 Å². The molecule has 2 N–H and O–H groups in total. The van der Waals surface area contributed by atoms with E-state index in [1.807, 2.05) is 80.7 Å². The van der Waals surface area contributed by atoms with Gasteiger partial charge in [-0.3, -0.25) is 14.5 Å². The van der Waals surface area contributed by atoms with E-state index < -0.39 is 12.4 Å². The maximum absolute atomic E-state index is 13.0. The lowest BCUT2D eigenvalue weighted by atomic mass is 9.98. The highest BCUT2D eigenvalue weighted by Crippen LogP contribution is 2.39. The second kappa shape index (κ2) is 12.8. The van der Waals surface area contributed by atoms with Gasteiger partial charge >= 0.3 is 0 Å². The van der Waals surface area contributed by atoms with Crippen molar-refractivity contribution in [1.82, 2.24) is 4.90 Å². The van der Waals surface area contributed by atoms with Crippen LogP contribution in [0.3, 0.4) is 0 Å². The van der Waals surface area contributed by atoms with E-state index in [4.69, 9.17) is 9.47 Å². The van der Waals surface area contributed by atoms with Crippen molar-refractivity contribution in [3.05, 3.63) is 137 Å². The summed E-state index contributed by atoms with van der Waals surface area (Å²) < 4.78 is 13.0. The summed E-state index contributed by atoms with van der Waals surface area (Å²) in [6, 6.07) is 31.1. The highest BCUT2D eigenvalue weighted by atomic mass is 16.7. The Labute approximate surface area is 257 Å². The summed E-state index contributed by atoms with van der Waals surface area (Å²) >= 11 is 0. The summed E-state index contributed by atoms with van der Waals surface area (Å²) in [4.78, 5) is 29.3. The van der Waals surface area contributed by atoms with Gasteiger partial charge in [-0.05, 0) is 54.9 Å². The lowest BCUT2D eigenvalue weighted by Crippen LogP contribution is -2.43. The van der Waals surface area contributed by atoms with Crippen LogP contribution in [0.5, 0.6) is 0 Å². The molecule has 8 heteroatoms. The van der Waals surface area contributed by atoms with Gasteiger partial charge in [-0.15, -0.1) is 0 Å². The van der Waals surface area contributed by atoms with Crippen LogP contribution in [0.2, 0.25) is 0 Å². The second-order valence-corrected chi connectivity index (χ2v) is 11.5. The Kier molecular flexibility index (Phi) is 8.70. The van der Waals surface area contributed by atoms with E-state index in [2.05, 4.69) is 4.90 Å². The fraction of sp³-hybridized carbons (Fsp3) is 0.278. The first-order valence-corrected chi connectivity index (χ1v) is 14.9. The molecule has 0 radical (unpaired) electrons. The number of fused-ring (bicyclic) bond motifs is 1. The Hall–Kier alpha value is -4.18. The third-order valence-corrected chi connectivity index (χ3v) is 8.62. The molecule has 0 aliphatic carbocycles. The maximum Gasteiger partial charge on any atom is 0.266 e. The molecule has 226 valence electrons. The van der Waals surface area contributed by atoms with Crippen molar-refractivity contribution in [1.29, 1.82) is 0 Å². The third kappa shape index (κ3) is 5.95. The summed E-state index contributed by atoms with van der Waals surface area (Å²) in [5.74, 6) is -0.686. The minimum atomic E-state index is -0.699. The number of amides is 2. The van der Waals surface area contributed by atoms with Gasteiger partial charge in [0.25, 0.3) is 11.8 Å². The van der Waals surface area contributed by atoms with Crippen LogP contribution >= 0.6 is 0 Å². The van der Waals surface area contributed by atoms with Gasteiger partial charge in [0.05, 0.1) is 41.7 Å². The summed E-state index contributed by atoms with van der Waals surface area (Å²) in [7, 11) is 1.98. The van der Waals surface area contributed by atoms with E-state index in [-0.39, 0.29) is 36.7 Å². The normalized spacial score (nSPS) is 21.4. The first kappa shape index (κ1) is 29.9. The molecule has 0 spiro atoms. The van der Waals surface area contributed by atoms with Crippen LogP contribution in [0.25, 0.3) is 0 Å². The molecule has 6 rings (SSSR count). The van der Waals surface area contributed by atoms with Crippen LogP contribution in [-0.2, 0) is 16.1 Å². The van der Waals surface area contributed by atoms with Gasteiger partial charge in [-0.1, -0.05) is 78.9 Å². The smallest absolute Gasteiger partial charge is 0.266 e. The van der Waals surface area contributed by atoms with Crippen LogP contribution in [0.1, 0.15) is 74.8 Å². The topological polar surface area (TPSA) is 99.5 Å². The standard InChI is InChI=1S/C36H36N2O6/c1-23(33(40)26-8-4-3-5-9-26)37(2)21-29-20-32(25-14-12-24(22-39)13-15-25)44-36(43-29)27-16-18-28(19-17-27)38-34(41)30-10-6-7-11-31(30)35(38)42/h3-19,23,29,32-33,36,39-40H,20-22H2,1-2H3/t23-,29+,32-,33-,36-/m1/s1. The number of carbonyl (C=O) groups is 2. The van der Waals surface area contributed by atoms with Crippen molar-refractivity contribution in [2.24, 2.45) is 0 Å². The molecule has 4 aromatic rings. The minimum Gasteiger partial charge on any atom is -0.392 e. The zero-order valence-corrected chi connectivity index (χ0v) is 24.7. The van der Waals surface area contributed by atoms with Gasteiger partial charge in [0.1, 0.15) is 0 Å². The number of rotatable bonds is 9. The SMILES string of the molecule is C[C@H]([C@@H](O)c1ccccc1)N(C)C[C@@H]1C[C@H](c2ccc(CO)cc2)O[C@H](c2ccc(N3C(=O)c4ccccc4C3=O)cc2)O1. The molecule has 2 amide bonds. The molecular formula is C36H36N2O6. The van der Waals surface area contributed by atoms with Crippen molar-refractivity contribution >= 4 is 17.5 Å². The van der Waals surface area contributed by atoms with Gasteiger partial charge in [0.15, 0.2) is 6.29 Å². The van der Waals surface area contributed by atoms with E-state index in [0.29, 0.717) is 29.8 Å². The maximum atomic E-state index is 13.0. The molecule has 1 saturated heterocycles. The summed E-state index contributed by atoms with van der Waals surface area (Å²) in [5.41, 5.74) is 4.68. The molecule has 2 aliphatic heterocycles. The number of nitrogens with zero attached hydrogens (tertiary/aromatic N) is 2. The molecule has 0 saturated carbocycles. The van der Waals surface area contributed by atoms with E-state index in [0.717, 1.165) is 22.3 Å². The fourth-order valence-corrected chi connectivity index (χ4v) is 5.89. The van der Waals surface area contributed by atoms with Crippen molar-refractivity contribution < 1.29 is 29.3 Å². The number of likely N-dealkylation sites (N-methyl/N-ethyl adjacent to an activating group) is 1. The fourth-order valence-electron chi connectivity index (χ4n) is 5.89. The summed E-state index contributed by atoms with van der Waals surface area (Å²) in [6.07, 6.45) is -1.25. The number of benzene rings is 4. The van der Waals surface area contributed by atoms with Crippen molar-refractivity contribution in [3.63, 3.8) is 0 Å². The van der Waals surface area contributed by atoms with E-state index in [9.17, 15) is 19.8 Å². The van der Waals surface area contributed by atoms with Crippen LogP contribution in [0.15, 0.2) is 103 Å². The van der Waals surface area contributed by atoms with Gasteiger partial charge in [-0.2, -0.15) is 0 Å². The van der Waals surface area contributed by atoms with Crippen molar-refractivity contribution in [2.75, 3.05) is 18.5 Å². The molecule has 44 heavy (non-hydrogen) atoms. The van der Waals surface area contributed by atoms with Crippen LogP contribution in [0, 0.1) is 0 Å². The average molecular weight is 593 g/mol. The molecule has 1 fully saturated rings. The quantitative estimate of drug-likeness (QED) is 0.245. The number of ether oxygens (including phenoxy) is 2. The Balaban J connectivity index is 1.22.